The zero-order valence-corrected chi connectivity index (χ0v) is 7.61. The molecule has 0 aromatic carbocycles. The molecular formula is C4H13N2O6P. The van der Waals surface area contributed by atoms with Crippen molar-refractivity contribution in [1.29, 1.82) is 0 Å². The normalized spacial score (nSPS) is 8.77. The van der Waals surface area contributed by atoms with Crippen LogP contribution in [0.2, 0.25) is 0 Å². The summed E-state index contributed by atoms with van der Waals surface area (Å²) >= 11 is 0. The summed E-state index contributed by atoms with van der Waals surface area (Å²) in [6, 6.07) is 2.77. The van der Waals surface area contributed by atoms with Crippen molar-refractivity contribution in [2.24, 2.45) is 0 Å². The minimum Gasteiger partial charge on any atom is -0.434 e. The predicted octanol–water partition coefficient (Wildman–Crippen LogP) is 0.250. The zero-order chi connectivity index (χ0) is 7.61. The summed E-state index contributed by atoms with van der Waals surface area (Å²) in [6.45, 7) is 0. The van der Waals surface area contributed by atoms with E-state index < -0.39 is 7.82 Å². The van der Waals surface area contributed by atoms with Gasteiger partial charge >= 0.3 is 7.82 Å². The van der Waals surface area contributed by atoms with Crippen LogP contribution < -0.4 is 16.8 Å². The molecule has 1 rings (SSSR count). The van der Waals surface area contributed by atoms with Gasteiger partial charge in [-0.05, 0) is 6.07 Å². The third-order valence-corrected chi connectivity index (χ3v) is 1.12. The van der Waals surface area contributed by atoms with Crippen LogP contribution in [0.3, 0.4) is 0 Å². The first-order chi connectivity index (χ1) is 4.58. The summed E-state index contributed by atoms with van der Waals surface area (Å²) in [5, 5.41) is 0. The lowest BCUT2D eigenvalue weighted by molar-refractivity contribution is 0.255. The van der Waals surface area contributed by atoms with Crippen LogP contribution in [-0.4, -0.2) is 15.3 Å². The van der Waals surface area contributed by atoms with Crippen molar-refractivity contribution in [1.82, 2.24) is 12.3 Å². The number of hydrogen-bond acceptors (Lipinski definition) is 5. The molecule has 10 N–H and O–H groups in total. The summed E-state index contributed by atoms with van der Waals surface area (Å²) in [7, 11) is -4.45. The van der Waals surface area contributed by atoms with E-state index in [-0.39, 0.29) is 23.7 Å². The van der Waals surface area contributed by atoms with Gasteiger partial charge in [0.15, 0.2) is 0 Å². The van der Waals surface area contributed by atoms with Crippen molar-refractivity contribution in [3.63, 3.8) is 0 Å². The van der Waals surface area contributed by atoms with E-state index in [0.717, 1.165) is 0 Å². The average molecular weight is 216 g/mol. The monoisotopic (exact) mass is 216 g/mol. The first-order valence-corrected chi connectivity index (χ1v) is 3.89. The van der Waals surface area contributed by atoms with Crippen LogP contribution in [0.1, 0.15) is 0 Å². The second-order valence-corrected chi connectivity index (χ2v) is 2.68. The van der Waals surface area contributed by atoms with Crippen molar-refractivity contribution < 1.29 is 28.8 Å². The van der Waals surface area contributed by atoms with Gasteiger partial charge in [0.2, 0.25) is 0 Å². The van der Waals surface area contributed by atoms with Gasteiger partial charge in [-0.1, -0.05) is 0 Å². The summed E-state index contributed by atoms with van der Waals surface area (Å²) in [4.78, 5) is 16.4. The molecule has 1 aromatic heterocycles. The second kappa shape index (κ2) is 6.61. The smallest absolute Gasteiger partial charge is 0.434 e. The maximum Gasteiger partial charge on any atom is 0.527 e. The first-order valence-electron chi connectivity index (χ1n) is 2.36. The standard InChI is InChI=1S/C4H5O5P.2H3N.H2O/c5-10(6,7)9-4-2-1-3-8-4;;;/h1-3H,(H2,5,6,7);2*1H3;1H2. The molecule has 0 radical (unpaired) electrons. The molecule has 13 heavy (non-hydrogen) atoms. The minimum absolute atomic E-state index is 0. The molecule has 0 aliphatic rings. The van der Waals surface area contributed by atoms with E-state index in [2.05, 4.69) is 8.94 Å². The Morgan fingerprint density at radius 1 is 1.38 bits per heavy atom. The van der Waals surface area contributed by atoms with Crippen LogP contribution in [0.25, 0.3) is 0 Å². The highest BCUT2D eigenvalue weighted by Crippen LogP contribution is 2.37. The van der Waals surface area contributed by atoms with Gasteiger partial charge in [-0.15, -0.1) is 0 Å². The number of phosphoric acid groups is 1. The van der Waals surface area contributed by atoms with E-state index in [9.17, 15) is 4.57 Å². The van der Waals surface area contributed by atoms with E-state index >= 15 is 0 Å². The molecule has 0 unspecified atom stereocenters. The Hall–Kier alpha value is -0.890. The Morgan fingerprint density at radius 2 is 1.92 bits per heavy atom. The zero-order valence-electron chi connectivity index (χ0n) is 6.71. The van der Waals surface area contributed by atoms with Gasteiger partial charge in [-0.3, -0.25) is 9.79 Å². The molecule has 80 valence electrons. The van der Waals surface area contributed by atoms with Crippen LogP contribution in [0.5, 0.6) is 5.95 Å². The topological polar surface area (TPSA) is 181 Å². The Labute approximate surface area is 74.2 Å². The highest BCUT2D eigenvalue weighted by Gasteiger charge is 2.16. The molecule has 1 aromatic rings. The molecule has 0 amide bonds. The lowest BCUT2D eigenvalue weighted by Crippen LogP contribution is -1.87. The van der Waals surface area contributed by atoms with Gasteiger partial charge in [0.1, 0.15) is 0 Å². The van der Waals surface area contributed by atoms with Gasteiger partial charge in [0.05, 0.1) is 6.26 Å². The van der Waals surface area contributed by atoms with E-state index in [1.807, 2.05) is 0 Å². The molecule has 0 aliphatic heterocycles. The van der Waals surface area contributed by atoms with Gasteiger partial charge in [-0.25, -0.2) is 4.57 Å². The Balaban J connectivity index is -0.000000333. The molecule has 1 heterocycles. The van der Waals surface area contributed by atoms with Crippen molar-refractivity contribution >= 4 is 7.82 Å². The highest BCUT2D eigenvalue weighted by atomic mass is 31.2. The molecule has 9 heteroatoms. The van der Waals surface area contributed by atoms with Crippen molar-refractivity contribution in [2.75, 3.05) is 0 Å². The molecule has 0 saturated heterocycles. The fourth-order valence-corrected chi connectivity index (χ4v) is 0.771. The predicted molar refractivity (Wildman–Crippen MR) is 45.0 cm³/mol. The average Bonchev–Trinajstić information content (AvgIpc) is 2.12. The molecule has 8 nitrogen and oxygen atoms in total. The molecule has 0 bridgehead atoms. The molecular weight excluding hydrogens is 203 g/mol. The summed E-state index contributed by atoms with van der Waals surface area (Å²) in [5.41, 5.74) is 0. The van der Waals surface area contributed by atoms with Crippen LogP contribution in [0.15, 0.2) is 22.8 Å². The van der Waals surface area contributed by atoms with E-state index in [1.54, 1.807) is 0 Å². The number of furan rings is 1. The van der Waals surface area contributed by atoms with E-state index in [0.29, 0.717) is 0 Å². The largest absolute Gasteiger partial charge is 0.527 e. The molecule has 0 saturated carbocycles. The van der Waals surface area contributed by atoms with Crippen LogP contribution in [0.4, 0.5) is 0 Å². The third-order valence-electron chi connectivity index (χ3n) is 0.704. The van der Waals surface area contributed by atoms with Crippen molar-refractivity contribution in [3.05, 3.63) is 18.4 Å². The Kier molecular flexibility index (Phi) is 9.15. The molecule has 0 spiro atoms. The van der Waals surface area contributed by atoms with E-state index in [4.69, 9.17) is 9.79 Å². The minimum atomic E-state index is -4.45. The highest BCUT2D eigenvalue weighted by molar-refractivity contribution is 7.46. The van der Waals surface area contributed by atoms with E-state index in [1.165, 1.54) is 18.4 Å². The fourth-order valence-electron chi connectivity index (χ4n) is 0.433. The molecule has 0 fully saturated rings. The van der Waals surface area contributed by atoms with Gasteiger partial charge in [0.25, 0.3) is 5.95 Å². The third kappa shape index (κ3) is 7.47. The van der Waals surface area contributed by atoms with Crippen molar-refractivity contribution in [2.45, 2.75) is 0 Å². The molecule has 0 atom stereocenters. The molecule has 0 aliphatic carbocycles. The second-order valence-electron chi connectivity index (χ2n) is 1.51. The summed E-state index contributed by atoms with van der Waals surface area (Å²) in [6.07, 6.45) is 1.25. The SMILES string of the molecule is N.N.O.O=P(O)(O)Oc1ccco1. The Bertz CT molecular complexity index is 243. The summed E-state index contributed by atoms with van der Waals surface area (Å²) in [5.74, 6) is -0.187. The van der Waals surface area contributed by atoms with Crippen LogP contribution >= 0.6 is 7.82 Å². The number of phosphoric ester groups is 1. The first kappa shape index (κ1) is 18.0. The van der Waals surface area contributed by atoms with Gasteiger partial charge in [0, 0.05) is 6.07 Å². The van der Waals surface area contributed by atoms with Gasteiger partial charge in [-0.2, -0.15) is 0 Å². The maximum absolute atomic E-state index is 10.1. The Morgan fingerprint density at radius 3 is 2.23 bits per heavy atom. The quantitative estimate of drug-likeness (QED) is 0.510. The summed E-state index contributed by atoms with van der Waals surface area (Å²) < 4.78 is 18.6. The number of hydrogen-bond donors (Lipinski definition) is 4. The van der Waals surface area contributed by atoms with Gasteiger partial charge < -0.3 is 26.7 Å². The lowest BCUT2D eigenvalue weighted by Gasteiger charge is -2.00. The maximum atomic E-state index is 10.1. The van der Waals surface area contributed by atoms with Crippen molar-refractivity contribution in [3.8, 4) is 5.95 Å². The number of rotatable bonds is 2. The fraction of sp³-hybridized carbons (Fsp3) is 0. The lowest BCUT2D eigenvalue weighted by atomic mass is 10.7. The van der Waals surface area contributed by atoms with Crippen LogP contribution in [-0.2, 0) is 4.57 Å². The van der Waals surface area contributed by atoms with Crippen LogP contribution in [0, 0.1) is 0 Å².